The molecule has 1 unspecified atom stereocenters. The topological polar surface area (TPSA) is 39.1 Å². The summed E-state index contributed by atoms with van der Waals surface area (Å²) in [5.74, 6) is 1.19. The molecule has 4 rings (SSSR count). The highest BCUT2D eigenvalue weighted by molar-refractivity contribution is 6.16. The first kappa shape index (κ1) is 18.4. The molecular weight excluding hydrogens is 343 g/mol. The number of halogens is 1. The van der Waals surface area contributed by atoms with Crippen LogP contribution in [0.15, 0.2) is 29.3 Å². The Balaban J connectivity index is 1.76. The Hall–Kier alpha value is -1.95. The lowest BCUT2D eigenvalue weighted by Crippen LogP contribution is -2.63. The summed E-state index contributed by atoms with van der Waals surface area (Å²) in [4.78, 5) is 24.1. The Morgan fingerprint density at radius 1 is 1.30 bits per heavy atom. The van der Waals surface area contributed by atoms with E-state index in [1.54, 1.807) is 11.0 Å². The SMILES string of the molecule is CCN1CC[C@@]2(C[C@@H]1C)C(N1CCC(C)C1)=NC(=O)N2c1cccc(F)c1. The quantitative estimate of drug-likeness (QED) is 0.794. The van der Waals surface area contributed by atoms with Crippen LogP contribution in [0.1, 0.15) is 40.0 Å². The molecule has 0 saturated carbocycles. The minimum Gasteiger partial charge on any atom is -0.358 e. The highest BCUT2D eigenvalue weighted by Crippen LogP contribution is 2.42. The van der Waals surface area contributed by atoms with Crippen LogP contribution in [0.5, 0.6) is 0 Å². The Bertz CT molecular complexity index is 766. The van der Waals surface area contributed by atoms with Crippen molar-refractivity contribution in [2.24, 2.45) is 10.9 Å². The lowest BCUT2D eigenvalue weighted by Gasteiger charge is -2.49. The molecule has 3 aliphatic heterocycles. The predicted molar refractivity (Wildman–Crippen MR) is 106 cm³/mol. The lowest BCUT2D eigenvalue weighted by atomic mass is 9.80. The summed E-state index contributed by atoms with van der Waals surface area (Å²) < 4.78 is 14.0. The molecule has 0 aliphatic carbocycles. The standard InChI is InChI=1S/C21H29FN4O/c1-4-24-11-9-21(13-16(24)3)19(25-10-8-15(2)14-25)23-20(27)26(21)18-7-5-6-17(22)12-18/h5-7,12,15-16H,4,8-11,13-14H2,1-3H3/t15?,16-,21+/m0/s1. The van der Waals surface area contributed by atoms with Gasteiger partial charge in [0.2, 0.25) is 0 Å². The zero-order valence-corrected chi connectivity index (χ0v) is 16.5. The number of hydrogen-bond acceptors (Lipinski definition) is 3. The lowest BCUT2D eigenvalue weighted by molar-refractivity contribution is 0.133. The second-order valence-electron chi connectivity index (χ2n) is 8.34. The van der Waals surface area contributed by atoms with Crippen molar-refractivity contribution in [1.82, 2.24) is 9.80 Å². The third kappa shape index (κ3) is 3.04. The van der Waals surface area contributed by atoms with Crippen molar-refractivity contribution in [1.29, 1.82) is 0 Å². The molecule has 2 amide bonds. The van der Waals surface area contributed by atoms with Crippen LogP contribution >= 0.6 is 0 Å². The first-order chi connectivity index (χ1) is 12.9. The number of urea groups is 1. The van der Waals surface area contributed by atoms with Crippen molar-refractivity contribution in [3.63, 3.8) is 0 Å². The van der Waals surface area contributed by atoms with Crippen LogP contribution in [-0.2, 0) is 0 Å². The maximum Gasteiger partial charge on any atom is 0.350 e. The second kappa shape index (κ2) is 6.89. The van der Waals surface area contributed by atoms with Gasteiger partial charge in [-0.1, -0.05) is 19.9 Å². The minimum absolute atomic E-state index is 0.257. The number of hydrogen-bond donors (Lipinski definition) is 0. The second-order valence-corrected chi connectivity index (χ2v) is 8.34. The van der Waals surface area contributed by atoms with Gasteiger partial charge >= 0.3 is 6.03 Å². The van der Waals surface area contributed by atoms with Gasteiger partial charge in [0.1, 0.15) is 17.2 Å². The minimum atomic E-state index is -0.472. The smallest absolute Gasteiger partial charge is 0.350 e. The molecule has 1 aromatic rings. The molecule has 0 bridgehead atoms. The highest BCUT2D eigenvalue weighted by Gasteiger charge is 2.55. The van der Waals surface area contributed by atoms with Crippen molar-refractivity contribution in [3.05, 3.63) is 30.1 Å². The molecule has 27 heavy (non-hydrogen) atoms. The first-order valence-electron chi connectivity index (χ1n) is 10.1. The van der Waals surface area contributed by atoms with E-state index >= 15 is 0 Å². The van der Waals surface area contributed by atoms with Gasteiger partial charge in [-0.3, -0.25) is 4.90 Å². The number of nitrogens with zero attached hydrogens (tertiary/aromatic N) is 4. The van der Waals surface area contributed by atoms with Gasteiger partial charge in [0, 0.05) is 31.4 Å². The van der Waals surface area contributed by atoms with Crippen LogP contribution in [0.4, 0.5) is 14.9 Å². The fraction of sp³-hybridized carbons (Fsp3) is 0.619. The highest BCUT2D eigenvalue weighted by atomic mass is 19.1. The van der Waals surface area contributed by atoms with E-state index in [0.29, 0.717) is 17.6 Å². The average Bonchev–Trinajstić information content (AvgIpc) is 3.16. The summed E-state index contributed by atoms with van der Waals surface area (Å²) >= 11 is 0. The number of piperidine rings is 1. The van der Waals surface area contributed by atoms with Gasteiger partial charge in [0.25, 0.3) is 0 Å². The fourth-order valence-electron chi connectivity index (χ4n) is 5.14. The third-order valence-corrected chi connectivity index (χ3v) is 6.50. The number of carbonyl (C=O) groups is 1. The van der Waals surface area contributed by atoms with Crippen molar-refractivity contribution >= 4 is 17.6 Å². The fourth-order valence-corrected chi connectivity index (χ4v) is 5.14. The monoisotopic (exact) mass is 372 g/mol. The van der Waals surface area contributed by atoms with E-state index in [1.807, 2.05) is 6.07 Å². The molecule has 6 heteroatoms. The summed E-state index contributed by atoms with van der Waals surface area (Å²) in [6.07, 6.45) is 2.78. The molecule has 0 aromatic heterocycles. The van der Waals surface area contributed by atoms with Gasteiger partial charge in [-0.25, -0.2) is 9.18 Å². The predicted octanol–water partition coefficient (Wildman–Crippen LogP) is 3.75. The van der Waals surface area contributed by atoms with Gasteiger partial charge in [0.05, 0.1) is 0 Å². The van der Waals surface area contributed by atoms with E-state index in [2.05, 4.69) is 35.6 Å². The number of carbonyl (C=O) groups excluding carboxylic acids is 1. The summed E-state index contributed by atoms with van der Waals surface area (Å²) in [5, 5.41) is 0. The summed E-state index contributed by atoms with van der Waals surface area (Å²) in [6.45, 7) is 10.4. The van der Waals surface area contributed by atoms with Crippen LogP contribution in [0.25, 0.3) is 0 Å². The van der Waals surface area contributed by atoms with Crippen LogP contribution in [0.3, 0.4) is 0 Å². The number of likely N-dealkylation sites (tertiary alicyclic amines) is 2. The average molecular weight is 372 g/mol. The molecule has 146 valence electrons. The van der Waals surface area contributed by atoms with Crippen LogP contribution < -0.4 is 4.90 Å². The summed E-state index contributed by atoms with van der Waals surface area (Å²) in [6, 6.07) is 6.46. The molecule has 0 radical (unpaired) electrons. The zero-order valence-electron chi connectivity index (χ0n) is 16.5. The Morgan fingerprint density at radius 3 is 2.74 bits per heavy atom. The van der Waals surface area contributed by atoms with E-state index < -0.39 is 5.54 Å². The number of aliphatic imine (C=N–C) groups is 1. The van der Waals surface area contributed by atoms with Crippen molar-refractivity contribution in [2.45, 2.75) is 51.6 Å². The number of rotatable bonds is 2. The Morgan fingerprint density at radius 2 is 2.11 bits per heavy atom. The first-order valence-corrected chi connectivity index (χ1v) is 10.1. The largest absolute Gasteiger partial charge is 0.358 e. The van der Waals surface area contributed by atoms with Gasteiger partial charge in [-0.15, -0.1) is 0 Å². The molecule has 1 spiro atoms. The van der Waals surface area contributed by atoms with Gasteiger partial charge < -0.3 is 9.80 Å². The van der Waals surface area contributed by atoms with E-state index in [4.69, 9.17) is 0 Å². The zero-order chi connectivity index (χ0) is 19.2. The van der Waals surface area contributed by atoms with Crippen LogP contribution in [0, 0.1) is 11.7 Å². The normalized spacial score (nSPS) is 31.9. The third-order valence-electron chi connectivity index (χ3n) is 6.50. The van der Waals surface area contributed by atoms with E-state index in [1.165, 1.54) is 12.1 Å². The Kier molecular flexibility index (Phi) is 4.70. The summed E-state index contributed by atoms with van der Waals surface area (Å²) in [7, 11) is 0. The number of benzene rings is 1. The van der Waals surface area contributed by atoms with Crippen molar-refractivity contribution < 1.29 is 9.18 Å². The van der Waals surface area contributed by atoms with Crippen molar-refractivity contribution in [3.8, 4) is 0 Å². The van der Waals surface area contributed by atoms with E-state index in [0.717, 1.165) is 51.3 Å². The van der Waals surface area contributed by atoms with E-state index in [9.17, 15) is 9.18 Å². The maximum atomic E-state index is 14.0. The number of anilines is 1. The molecule has 1 aromatic carbocycles. The van der Waals surface area contributed by atoms with E-state index in [-0.39, 0.29) is 11.8 Å². The molecule has 3 atom stereocenters. The Labute approximate surface area is 160 Å². The molecule has 2 fully saturated rings. The van der Waals surface area contributed by atoms with Crippen LogP contribution in [0.2, 0.25) is 0 Å². The maximum absolute atomic E-state index is 14.0. The molecular formula is C21H29FN4O. The molecule has 5 nitrogen and oxygen atoms in total. The number of amides is 2. The molecule has 0 N–H and O–H groups in total. The molecule has 2 saturated heterocycles. The van der Waals surface area contributed by atoms with Crippen LogP contribution in [-0.4, -0.2) is 59.4 Å². The summed E-state index contributed by atoms with van der Waals surface area (Å²) in [5.41, 5.74) is 0.142. The van der Waals surface area contributed by atoms with Crippen molar-refractivity contribution in [2.75, 3.05) is 31.1 Å². The van der Waals surface area contributed by atoms with Gasteiger partial charge in [-0.2, -0.15) is 4.99 Å². The van der Waals surface area contributed by atoms with Gasteiger partial charge in [0.15, 0.2) is 0 Å². The molecule has 3 aliphatic rings. The molecule has 3 heterocycles. The number of amidine groups is 1. The van der Waals surface area contributed by atoms with Gasteiger partial charge in [-0.05, 0) is 56.8 Å².